The first-order chi connectivity index (χ1) is 12.5. The second-order valence-corrected chi connectivity index (χ2v) is 5.99. The second-order valence-electron chi connectivity index (χ2n) is 5.99. The molecule has 2 aromatic carbocycles. The summed E-state index contributed by atoms with van der Waals surface area (Å²) < 4.78 is 5.31. The van der Waals surface area contributed by atoms with Crippen molar-refractivity contribution in [3.8, 4) is 0 Å². The Bertz CT molecular complexity index is 865. The lowest BCUT2D eigenvalue weighted by molar-refractivity contribution is -0.126. The van der Waals surface area contributed by atoms with Gasteiger partial charge in [0.05, 0.1) is 5.56 Å². The third-order valence-corrected chi connectivity index (χ3v) is 4.15. The molecule has 1 heterocycles. The standard InChI is InChI=1S/C19H19N3O4/c1-12(17(23)22-10-9-13-5-2-3-8-16(13)22)26-18(24)14-6-4-7-15(11-14)21-19(20)25/h2-8,11-12H,9-10H2,1H3,(H3,20,21,25)/t12-/m1/s1. The topological polar surface area (TPSA) is 102 Å². The van der Waals surface area contributed by atoms with Gasteiger partial charge < -0.3 is 20.7 Å². The number of hydrogen-bond donors (Lipinski definition) is 2. The molecule has 0 unspecified atom stereocenters. The van der Waals surface area contributed by atoms with Crippen LogP contribution in [0.4, 0.5) is 16.2 Å². The molecule has 26 heavy (non-hydrogen) atoms. The van der Waals surface area contributed by atoms with Crippen molar-refractivity contribution in [2.45, 2.75) is 19.4 Å². The van der Waals surface area contributed by atoms with Crippen molar-refractivity contribution in [2.75, 3.05) is 16.8 Å². The van der Waals surface area contributed by atoms with Crippen LogP contribution >= 0.6 is 0 Å². The van der Waals surface area contributed by atoms with Crippen LogP contribution in [0.5, 0.6) is 0 Å². The number of carbonyl (C=O) groups is 3. The fourth-order valence-corrected chi connectivity index (χ4v) is 2.93. The molecule has 0 radical (unpaired) electrons. The fraction of sp³-hybridized carbons (Fsp3) is 0.211. The van der Waals surface area contributed by atoms with E-state index in [0.717, 1.165) is 17.7 Å². The number of anilines is 2. The van der Waals surface area contributed by atoms with E-state index >= 15 is 0 Å². The SMILES string of the molecule is C[C@@H](OC(=O)c1cccc(NC(N)=O)c1)C(=O)N1CCc2ccccc21. The molecule has 2 aromatic rings. The molecular formula is C19H19N3O4. The molecule has 1 atom stereocenters. The number of para-hydroxylation sites is 1. The summed E-state index contributed by atoms with van der Waals surface area (Å²) in [7, 11) is 0. The van der Waals surface area contributed by atoms with E-state index in [1.165, 1.54) is 12.1 Å². The third-order valence-electron chi connectivity index (χ3n) is 4.15. The van der Waals surface area contributed by atoms with Gasteiger partial charge in [-0.15, -0.1) is 0 Å². The highest BCUT2D eigenvalue weighted by molar-refractivity contribution is 6.00. The Kier molecular flexibility index (Phi) is 4.88. The van der Waals surface area contributed by atoms with Crippen molar-refractivity contribution >= 4 is 29.3 Å². The van der Waals surface area contributed by atoms with E-state index in [1.54, 1.807) is 24.0 Å². The first-order valence-corrected chi connectivity index (χ1v) is 8.22. The van der Waals surface area contributed by atoms with E-state index in [2.05, 4.69) is 5.32 Å². The van der Waals surface area contributed by atoms with Gasteiger partial charge in [0, 0.05) is 17.9 Å². The number of fused-ring (bicyclic) bond motifs is 1. The van der Waals surface area contributed by atoms with Crippen LogP contribution in [0.1, 0.15) is 22.8 Å². The number of ether oxygens (including phenoxy) is 1. The van der Waals surface area contributed by atoms with Crippen LogP contribution in [-0.4, -0.2) is 30.6 Å². The van der Waals surface area contributed by atoms with Gasteiger partial charge in [-0.1, -0.05) is 24.3 Å². The van der Waals surface area contributed by atoms with Gasteiger partial charge >= 0.3 is 12.0 Å². The number of primary amides is 1. The average molecular weight is 353 g/mol. The van der Waals surface area contributed by atoms with Crippen LogP contribution in [0.2, 0.25) is 0 Å². The molecule has 3 N–H and O–H groups in total. The highest BCUT2D eigenvalue weighted by atomic mass is 16.5. The minimum absolute atomic E-state index is 0.220. The Morgan fingerprint density at radius 1 is 1.15 bits per heavy atom. The van der Waals surface area contributed by atoms with Crippen molar-refractivity contribution < 1.29 is 19.1 Å². The summed E-state index contributed by atoms with van der Waals surface area (Å²) in [6.07, 6.45) is -0.148. The molecule has 0 bridgehead atoms. The van der Waals surface area contributed by atoms with Crippen LogP contribution in [0.3, 0.4) is 0 Å². The summed E-state index contributed by atoms with van der Waals surface area (Å²) in [6, 6.07) is 13.1. The van der Waals surface area contributed by atoms with Crippen LogP contribution < -0.4 is 16.0 Å². The maximum absolute atomic E-state index is 12.7. The molecule has 1 aliphatic rings. The number of nitrogens with zero attached hydrogens (tertiary/aromatic N) is 1. The van der Waals surface area contributed by atoms with Gasteiger partial charge in [-0.05, 0) is 43.2 Å². The quantitative estimate of drug-likeness (QED) is 0.824. The van der Waals surface area contributed by atoms with Crippen LogP contribution in [0, 0.1) is 0 Å². The van der Waals surface area contributed by atoms with Gasteiger partial charge in [0.15, 0.2) is 6.10 Å². The number of hydrogen-bond acceptors (Lipinski definition) is 4. The number of urea groups is 1. The van der Waals surface area contributed by atoms with E-state index in [0.29, 0.717) is 12.2 Å². The molecule has 7 nitrogen and oxygen atoms in total. The molecular weight excluding hydrogens is 334 g/mol. The highest BCUT2D eigenvalue weighted by Gasteiger charge is 2.29. The molecule has 3 amide bonds. The van der Waals surface area contributed by atoms with E-state index in [9.17, 15) is 14.4 Å². The fourth-order valence-electron chi connectivity index (χ4n) is 2.93. The smallest absolute Gasteiger partial charge is 0.338 e. The zero-order valence-electron chi connectivity index (χ0n) is 14.3. The summed E-state index contributed by atoms with van der Waals surface area (Å²) in [6.45, 7) is 2.12. The van der Waals surface area contributed by atoms with Crippen LogP contribution in [0.15, 0.2) is 48.5 Å². The van der Waals surface area contributed by atoms with Gasteiger partial charge in [-0.2, -0.15) is 0 Å². The predicted molar refractivity (Wildman–Crippen MR) is 97.0 cm³/mol. The Balaban J connectivity index is 1.68. The number of benzene rings is 2. The molecule has 3 rings (SSSR count). The zero-order valence-corrected chi connectivity index (χ0v) is 14.3. The second kappa shape index (κ2) is 7.26. The van der Waals surface area contributed by atoms with E-state index < -0.39 is 18.1 Å². The summed E-state index contributed by atoms with van der Waals surface area (Å²) in [5.41, 5.74) is 7.61. The zero-order chi connectivity index (χ0) is 18.7. The number of carbonyl (C=O) groups excluding carboxylic acids is 3. The molecule has 0 aliphatic carbocycles. The van der Waals surface area contributed by atoms with Gasteiger partial charge in [-0.25, -0.2) is 9.59 Å². The number of nitrogens with one attached hydrogen (secondary N) is 1. The molecule has 0 aromatic heterocycles. The predicted octanol–water partition coefficient (Wildman–Crippen LogP) is 2.31. The maximum atomic E-state index is 12.7. The molecule has 7 heteroatoms. The van der Waals surface area contributed by atoms with Crippen LogP contribution in [-0.2, 0) is 16.0 Å². The van der Waals surface area contributed by atoms with Crippen molar-refractivity contribution in [3.63, 3.8) is 0 Å². The van der Waals surface area contributed by atoms with Gasteiger partial charge in [0.1, 0.15) is 0 Å². The van der Waals surface area contributed by atoms with Gasteiger partial charge in [-0.3, -0.25) is 4.79 Å². The van der Waals surface area contributed by atoms with E-state index in [-0.39, 0.29) is 11.5 Å². The summed E-state index contributed by atoms with van der Waals surface area (Å²) >= 11 is 0. The van der Waals surface area contributed by atoms with Gasteiger partial charge in [0.2, 0.25) is 0 Å². The Morgan fingerprint density at radius 3 is 2.69 bits per heavy atom. The lowest BCUT2D eigenvalue weighted by Crippen LogP contribution is -2.39. The first-order valence-electron chi connectivity index (χ1n) is 8.22. The number of amides is 3. The monoisotopic (exact) mass is 353 g/mol. The molecule has 0 spiro atoms. The number of esters is 1. The Morgan fingerprint density at radius 2 is 1.92 bits per heavy atom. The van der Waals surface area contributed by atoms with Crippen molar-refractivity contribution in [3.05, 3.63) is 59.7 Å². The maximum Gasteiger partial charge on any atom is 0.338 e. The van der Waals surface area contributed by atoms with Crippen molar-refractivity contribution in [2.24, 2.45) is 5.73 Å². The lowest BCUT2D eigenvalue weighted by atomic mass is 10.2. The minimum Gasteiger partial charge on any atom is -0.449 e. The molecule has 0 fully saturated rings. The van der Waals surface area contributed by atoms with Gasteiger partial charge in [0.25, 0.3) is 5.91 Å². The lowest BCUT2D eigenvalue weighted by Gasteiger charge is -2.21. The highest BCUT2D eigenvalue weighted by Crippen LogP contribution is 2.28. The Hall–Kier alpha value is -3.35. The van der Waals surface area contributed by atoms with E-state index in [4.69, 9.17) is 10.5 Å². The number of rotatable bonds is 4. The normalized spacial score (nSPS) is 13.7. The Labute approximate surface area is 150 Å². The van der Waals surface area contributed by atoms with Crippen LogP contribution in [0.25, 0.3) is 0 Å². The summed E-state index contributed by atoms with van der Waals surface area (Å²) in [5, 5.41) is 2.39. The molecule has 0 saturated heterocycles. The van der Waals surface area contributed by atoms with E-state index in [1.807, 2.05) is 24.3 Å². The third kappa shape index (κ3) is 3.66. The summed E-state index contributed by atoms with van der Waals surface area (Å²) in [5.74, 6) is -0.916. The summed E-state index contributed by atoms with van der Waals surface area (Å²) in [4.78, 5) is 37.5. The van der Waals surface area contributed by atoms with Crippen molar-refractivity contribution in [1.82, 2.24) is 0 Å². The minimum atomic E-state index is -0.929. The molecule has 1 aliphatic heterocycles. The number of nitrogens with two attached hydrogens (primary N) is 1. The van der Waals surface area contributed by atoms with Crippen molar-refractivity contribution in [1.29, 1.82) is 0 Å². The average Bonchev–Trinajstić information content (AvgIpc) is 3.04. The largest absolute Gasteiger partial charge is 0.449 e. The first kappa shape index (κ1) is 17.5. The molecule has 134 valence electrons. The molecule has 0 saturated carbocycles.